The summed E-state index contributed by atoms with van der Waals surface area (Å²) >= 11 is 12.2. The average Bonchev–Trinajstić information content (AvgIpc) is 2.33. The van der Waals surface area contributed by atoms with E-state index in [-0.39, 0.29) is 34.4 Å². The molecule has 0 heterocycles. The van der Waals surface area contributed by atoms with Gasteiger partial charge in [0.25, 0.3) is 0 Å². The van der Waals surface area contributed by atoms with E-state index in [9.17, 15) is 4.79 Å². The number of hydrogen-bond acceptors (Lipinski definition) is 1. The first kappa shape index (κ1) is 18.8. The van der Waals surface area contributed by atoms with Gasteiger partial charge in [-0.15, -0.1) is 0 Å². The Kier molecular flexibility index (Phi) is 6.99. The van der Waals surface area contributed by atoms with E-state index in [4.69, 9.17) is 23.2 Å². The predicted molar refractivity (Wildman–Crippen MR) is 90.5 cm³/mol. The normalized spacial score (nSPS) is 10.7. The fourth-order valence-electron chi connectivity index (χ4n) is 2.27. The van der Waals surface area contributed by atoms with Crippen molar-refractivity contribution in [1.29, 1.82) is 0 Å². The van der Waals surface area contributed by atoms with Crippen LogP contribution >= 0.6 is 31.8 Å². The number of carbonyl (C=O) groups excluding carboxylic acids is 1. The molecule has 1 atom stereocenters. The van der Waals surface area contributed by atoms with Gasteiger partial charge in [-0.2, -0.15) is 0 Å². The van der Waals surface area contributed by atoms with E-state index in [1.54, 1.807) is 18.2 Å². The van der Waals surface area contributed by atoms with Gasteiger partial charge in [0.15, 0.2) is 5.52 Å². The van der Waals surface area contributed by atoms with Crippen LogP contribution in [0.2, 0.25) is 10.0 Å². The quantitative estimate of drug-likeness (QED) is 0.622. The molecule has 0 bridgehead atoms. The standard InChI is InChI=1S/C16H15Cl2OP.Li.H/c1-9-7-10(2)15(11(3)8-9)20-16(19)14-12(17)5-4-6-13(14)18;;/h4-8,20H,1-3H3;;/q;+1;-1. The first-order valence-electron chi connectivity index (χ1n) is 6.23. The number of hydrogen-bond donors (Lipinski definition) is 0. The van der Waals surface area contributed by atoms with Crippen molar-refractivity contribution in [3.63, 3.8) is 0 Å². The zero-order valence-electron chi connectivity index (χ0n) is 13.6. The molecule has 1 unspecified atom stereocenters. The molecule has 2 aromatic rings. The van der Waals surface area contributed by atoms with E-state index < -0.39 is 0 Å². The summed E-state index contributed by atoms with van der Waals surface area (Å²) in [6.07, 6.45) is 0. The van der Waals surface area contributed by atoms with Crippen molar-refractivity contribution in [3.05, 3.63) is 62.6 Å². The van der Waals surface area contributed by atoms with Gasteiger partial charge >= 0.3 is 18.9 Å². The number of benzene rings is 2. The van der Waals surface area contributed by atoms with Crippen molar-refractivity contribution in [3.8, 4) is 0 Å². The summed E-state index contributed by atoms with van der Waals surface area (Å²) < 4.78 is 0. The Labute approximate surface area is 150 Å². The summed E-state index contributed by atoms with van der Waals surface area (Å²) in [5.41, 5.74) is 3.88. The Morgan fingerprint density at radius 2 is 1.52 bits per heavy atom. The molecule has 0 amide bonds. The molecule has 0 aromatic heterocycles. The first-order chi connectivity index (χ1) is 9.40. The predicted octanol–water partition coefficient (Wildman–Crippen LogP) is 2.18. The maximum atomic E-state index is 12.5. The van der Waals surface area contributed by atoms with Crippen molar-refractivity contribution < 1.29 is 25.1 Å². The van der Waals surface area contributed by atoms with Gasteiger partial charge in [0.1, 0.15) is 0 Å². The number of rotatable bonds is 3. The third kappa shape index (κ3) is 4.35. The minimum Gasteiger partial charge on any atom is -1.00 e. The molecule has 5 heteroatoms. The van der Waals surface area contributed by atoms with E-state index in [0.29, 0.717) is 15.6 Å². The molecule has 1 nitrogen and oxygen atoms in total. The second kappa shape index (κ2) is 7.82. The molecular weight excluding hydrogens is 317 g/mol. The molecule has 2 aromatic carbocycles. The number of aryl methyl sites for hydroxylation is 3. The van der Waals surface area contributed by atoms with E-state index >= 15 is 0 Å². The first-order valence-corrected chi connectivity index (χ1v) is 7.99. The van der Waals surface area contributed by atoms with Crippen LogP contribution in [0.25, 0.3) is 0 Å². The maximum absolute atomic E-state index is 12.5. The van der Waals surface area contributed by atoms with Crippen LogP contribution in [0.15, 0.2) is 30.3 Å². The Morgan fingerprint density at radius 3 is 2.00 bits per heavy atom. The topological polar surface area (TPSA) is 17.1 Å². The molecule has 0 radical (unpaired) electrons. The second-order valence-electron chi connectivity index (χ2n) is 4.82. The maximum Gasteiger partial charge on any atom is 1.00 e. The monoisotopic (exact) mass is 332 g/mol. The van der Waals surface area contributed by atoms with Gasteiger partial charge < -0.3 is 1.43 Å². The van der Waals surface area contributed by atoms with Crippen molar-refractivity contribution >= 4 is 42.6 Å². The Hall–Kier alpha value is -0.283. The molecule has 0 aliphatic rings. The molecule has 21 heavy (non-hydrogen) atoms. The van der Waals surface area contributed by atoms with Crippen LogP contribution < -0.4 is 24.2 Å². The SMILES string of the molecule is Cc1cc(C)c(PC(=O)c2c(Cl)cccc2Cl)c(C)c1.[H-].[Li+]. The average molecular weight is 333 g/mol. The summed E-state index contributed by atoms with van der Waals surface area (Å²) in [6, 6.07) is 9.32. The molecular formula is C16H16Cl2LiOP. The fourth-order valence-corrected chi connectivity index (χ4v) is 4.16. The zero-order valence-corrected chi connectivity index (χ0v) is 15.1. The van der Waals surface area contributed by atoms with Gasteiger partial charge in [-0.25, -0.2) is 0 Å². The van der Waals surface area contributed by atoms with E-state index in [2.05, 4.69) is 19.1 Å². The fraction of sp³-hybridized carbons (Fsp3) is 0.188. The minimum atomic E-state index is -0.0179. The Balaban J connectivity index is 0.00000220. The van der Waals surface area contributed by atoms with Crippen molar-refractivity contribution in [2.75, 3.05) is 0 Å². The van der Waals surface area contributed by atoms with Crippen LogP contribution in [-0.2, 0) is 0 Å². The second-order valence-corrected chi connectivity index (χ2v) is 6.84. The molecule has 0 fully saturated rings. The van der Waals surface area contributed by atoms with Gasteiger partial charge in [0.05, 0.1) is 15.6 Å². The number of halogens is 2. The van der Waals surface area contributed by atoms with Crippen LogP contribution in [0.3, 0.4) is 0 Å². The Bertz CT molecular complexity index is 649. The van der Waals surface area contributed by atoms with Crippen LogP contribution in [0.1, 0.15) is 28.5 Å². The summed E-state index contributed by atoms with van der Waals surface area (Å²) in [6.45, 7) is 6.12. The van der Waals surface area contributed by atoms with Crippen molar-refractivity contribution in [2.45, 2.75) is 20.8 Å². The van der Waals surface area contributed by atoms with Gasteiger partial charge in [-0.05, 0) is 57.9 Å². The van der Waals surface area contributed by atoms with E-state index in [1.807, 2.05) is 13.8 Å². The van der Waals surface area contributed by atoms with Gasteiger partial charge in [0, 0.05) is 0 Å². The number of carbonyl (C=O) groups is 1. The molecule has 2 rings (SSSR count). The largest absolute Gasteiger partial charge is 1.00 e. The van der Waals surface area contributed by atoms with E-state index in [1.165, 1.54) is 5.56 Å². The molecule has 0 N–H and O–H groups in total. The Morgan fingerprint density at radius 1 is 1.05 bits per heavy atom. The molecule has 0 saturated heterocycles. The van der Waals surface area contributed by atoms with Crippen LogP contribution in [0, 0.1) is 20.8 Å². The molecule has 0 saturated carbocycles. The van der Waals surface area contributed by atoms with Crippen LogP contribution in [0.5, 0.6) is 0 Å². The summed E-state index contributed by atoms with van der Waals surface area (Å²) in [5, 5.41) is 1.91. The summed E-state index contributed by atoms with van der Waals surface area (Å²) in [5.74, 6) is 0. The van der Waals surface area contributed by atoms with E-state index in [0.717, 1.165) is 16.4 Å². The summed E-state index contributed by atoms with van der Waals surface area (Å²) in [4.78, 5) is 12.5. The molecule has 0 aliphatic carbocycles. The van der Waals surface area contributed by atoms with Gasteiger partial charge in [0.2, 0.25) is 0 Å². The smallest absolute Gasteiger partial charge is 1.00 e. The zero-order chi connectivity index (χ0) is 14.9. The van der Waals surface area contributed by atoms with Gasteiger partial charge in [-0.1, -0.05) is 47.0 Å². The van der Waals surface area contributed by atoms with Crippen LogP contribution in [0.4, 0.5) is 0 Å². The molecule has 0 spiro atoms. The molecule has 106 valence electrons. The summed E-state index contributed by atoms with van der Waals surface area (Å²) in [7, 11) is 0.0347. The van der Waals surface area contributed by atoms with Gasteiger partial charge in [-0.3, -0.25) is 4.79 Å². The van der Waals surface area contributed by atoms with Crippen molar-refractivity contribution in [2.24, 2.45) is 0 Å². The van der Waals surface area contributed by atoms with Crippen LogP contribution in [-0.4, -0.2) is 5.52 Å². The third-order valence-electron chi connectivity index (χ3n) is 3.11. The molecule has 0 aliphatic heterocycles. The third-order valence-corrected chi connectivity index (χ3v) is 5.25. The minimum absolute atomic E-state index is 0. The van der Waals surface area contributed by atoms with Crippen molar-refractivity contribution in [1.82, 2.24) is 0 Å².